The van der Waals surface area contributed by atoms with Crippen molar-refractivity contribution >= 4 is 5.91 Å². The number of aromatic nitrogens is 1. The van der Waals surface area contributed by atoms with E-state index in [4.69, 9.17) is 0 Å². The molecule has 15 heavy (non-hydrogen) atoms. The lowest BCUT2D eigenvalue weighted by Crippen LogP contribution is -2.41. The second-order valence-corrected chi connectivity index (χ2v) is 4.43. The standard InChI is InChI=1S/C12H18N2O/c1-9-5-2-3-6-10(9)14-12(15)11-7-4-8-13-11/h4,7-10,13H,2-3,5-6H2,1H3,(H,14,15). The summed E-state index contributed by atoms with van der Waals surface area (Å²) in [5.74, 6) is 0.636. The summed E-state index contributed by atoms with van der Waals surface area (Å²) in [6.45, 7) is 2.22. The van der Waals surface area contributed by atoms with Crippen molar-refractivity contribution < 1.29 is 4.79 Å². The maximum atomic E-state index is 11.8. The molecule has 0 bridgehead atoms. The molecule has 1 aliphatic carbocycles. The molecule has 0 aromatic carbocycles. The number of carbonyl (C=O) groups is 1. The molecule has 0 spiro atoms. The normalized spacial score (nSPS) is 26.2. The van der Waals surface area contributed by atoms with E-state index in [0.29, 0.717) is 17.7 Å². The van der Waals surface area contributed by atoms with Crippen molar-refractivity contribution in [2.45, 2.75) is 38.6 Å². The molecule has 2 N–H and O–H groups in total. The lowest BCUT2D eigenvalue weighted by atomic mass is 9.86. The zero-order valence-electron chi connectivity index (χ0n) is 9.12. The van der Waals surface area contributed by atoms with Crippen LogP contribution < -0.4 is 5.32 Å². The third-order valence-electron chi connectivity index (χ3n) is 3.27. The van der Waals surface area contributed by atoms with E-state index in [0.717, 1.165) is 6.42 Å². The van der Waals surface area contributed by atoms with Gasteiger partial charge in [0, 0.05) is 12.2 Å². The minimum atomic E-state index is 0.0266. The van der Waals surface area contributed by atoms with E-state index in [1.54, 1.807) is 6.20 Å². The molecule has 2 rings (SSSR count). The molecule has 0 aliphatic heterocycles. The van der Waals surface area contributed by atoms with Gasteiger partial charge in [-0.05, 0) is 30.9 Å². The molecule has 1 amide bonds. The van der Waals surface area contributed by atoms with Gasteiger partial charge in [0.1, 0.15) is 5.69 Å². The predicted molar refractivity (Wildman–Crippen MR) is 59.7 cm³/mol. The first-order chi connectivity index (χ1) is 7.27. The maximum absolute atomic E-state index is 11.8. The largest absolute Gasteiger partial charge is 0.357 e. The van der Waals surface area contributed by atoms with Gasteiger partial charge in [0.2, 0.25) is 0 Å². The minimum Gasteiger partial charge on any atom is -0.357 e. The molecular formula is C12H18N2O. The van der Waals surface area contributed by atoms with Crippen LogP contribution in [0.5, 0.6) is 0 Å². The van der Waals surface area contributed by atoms with Crippen LogP contribution in [-0.4, -0.2) is 16.9 Å². The van der Waals surface area contributed by atoms with E-state index in [1.165, 1.54) is 19.3 Å². The highest BCUT2D eigenvalue weighted by Crippen LogP contribution is 2.23. The first-order valence-corrected chi connectivity index (χ1v) is 5.71. The van der Waals surface area contributed by atoms with Gasteiger partial charge < -0.3 is 10.3 Å². The second kappa shape index (κ2) is 4.51. The van der Waals surface area contributed by atoms with Crippen molar-refractivity contribution in [1.29, 1.82) is 0 Å². The van der Waals surface area contributed by atoms with E-state index in [1.807, 2.05) is 12.1 Å². The van der Waals surface area contributed by atoms with Gasteiger partial charge in [-0.3, -0.25) is 4.79 Å². The summed E-state index contributed by atoms with van der Waals surface area (Å²) in [6.07, 6.45) is 6.67. The van der Waals surface area contributed by atoms with Crippen LogP contribution in [0.1, 0.15) is 43.1 Å². The molecule has 1 fully saturated rings. The van der Waals surface area contributed by atoms with E-state index in [2.05, 4.69) is 17.2 Å². The van der Waals surface area contributed by atoms with Crippen LogP contribution in [0.4, 0.5) is 0 Å². The predicted octanol–water partition coefficient (Wildman–Crippen LogP) is 2.32. The fraction of sp³-hybridized carbons (Fsp3) is 0.583. The quantitative estimate of drug-likeness (QED) is 0.766. The van der Waals surface area contributed by atoms with Gasteiger partial charge >= 0.3 is 0 Å². The van der Waals surface area contributed by atoms with Crippen LogP contribution in [0, 0.1) is 5.92 Å². The highest BCUT2D eigenvalue weighted by molar-refractivity contribution is 5.92. The fourth-order valence-corrected chi connectivity index (χ4v) is 2.25. The molecule has 3 heteroatoms. The topological polar surface area (TPSA) is 44.9 Å². The zero-order chi connectivity index (χ0) is 10.7. The summed E-state index contributed by atoms with van der Waals surface area (Å²) in [6, 6.07) is 4.01. The van der Waals surface area contributed by atoms with Gasteiger partial charge in [-0.15, -0.1) is 0 Å². The van der Waals surface area contributed by atoms with Gasteiger partial charge in [-0.25, -0.2) is 0 Å². The molecule has 82 valence electrons. The van der Waals surface area contributed by atoms with Crippen LogP contribution in [0.2, 0.25) is 0 Å². The first-order valence-electron chi connectivity index (χ1n) is 5.71. The Labute approximate surface area is 90.3 Å². The maximum Gasteiger partial charge on any atom is 0.267 e. The lowest BCUT2D eigenvalue weighted by molar-refractivity contribution is 0.0906. The molecule has 1 heterocycles. The molecular weight excluding hydrogens is 188 g/mol. The average molecular weight is 206 g/mol. The van der Waals surface area contributed by atoms with E-state index in [9.17, 15) is 4.79 Å². The Balaban J connectivity index is 1.93. The Morgan fingerprint density at radius 1 is 1.47 bits per heavy atom. The molecule has 2 unspecified atom stereocenters. The van der Waals surface area contributed by atoms with Crippen molar-refractivity contribution in [2.24, 2.45) is 5.92 Å². The summed E-state index contributed by atoms with van der Waals surface area (Å²) >= 11 is 0. The van der Waals surface area contributed by atoms with Gasteiger partial charge in [0.05, 0.1) is 0 Å². The molecule has 3 nitrogen and oxygen atoms in total. The summed E-state index contributed by atoms with van der Waals surface area (Å²) in [5, 5.41) is 3.10. The van der Waals surface area contributed by atoms with Gasteiger partial charge in [0.15, 0.2) is 0 Å². The number of hydrogen-bond acceptors (Lipinski definition) is 1. The molecule has 0 saturated heterocycles. The molecule has 1 saturated carbocycles. The number of nitrogens with one attached hydrogen (secondary N) is 2. The number of hydrogen-bond donors (Lipinski definition) is 2. The van der Waals surface area contributed by atoms with Crippen molar-refractivity contribution in [3.05, 3.63) is 24.0 Å². The molecule has 0 radical (unpaired) electrons. The smallest absolute Gasteiger partial charge is 0.267 e. The third-order valence-corrected chi connectivity index (χ3v) is 3.27. The Kier molecular flexibility index (Phi) is 3.09. The second-order valence-electron chi connectivity index (χ2n) is 4.43. The van der Waals surface area contributed by atoms with Crippen LogP contribution >= 0.6 is 0 Å². The van der Waals surface area contributed by atoms with E-state index < -0.39 is 0 Å². The summed E-state index contributed by atoms with van der Waals surface area (Å²) < 4.78 is 0. The molecule has 2 atom stereocenters. The highest BCUT2D eigenvalue weighted by atomic mass is 16.1. The van der Waals surface area contributed by atoms with Crippen LogP contribution in [-0.2, 0) is 0 Å². The fourth-order valence-electron chi connectivity index (χ4n) is 2.25. The van der Waals surface area contributed by atoms with E-state index in [-0.39, 0.29) is 5.91 Å². The Hall–Kier alpha value is -1.25. The average Bonchev–Trinajstić information content (AvgIpc) is 2.74. The first kappa shape index (κ1) is 10.3. The minimum absolute atomic E-state index is 0.0266. The van der Waals surface area contributed by atoms with Crippen molar-refractivity contribution in [3.8, 4) is 0 Å². The lowest BCUT2D eigenvalue weighted by Gasteiger charge is -2.29. The number of carbonyl (C=O) groups excluding carboxylic acids is 1. The Morgan fingerprint density at radius 2 is 2.27 bits per heavy atom. The third kappa shape index (κ3) is 2.41. The number of aromatic amines is 1. The summed E-state index contributed by atoms with van der Waals surface area (Å²) in [5.41, 5.74) is 0.660. The molecule has 1 aromatic rings. The van der Waals surface area contributed by atoms with Crippen LogP contribution in [0.3, 0.4) is 0 Å². The summed E-state index contributed by atoms with van der Waals surface area (Å²) in [4.78, 5) is 14.7. The van der Waals surface area contributed by atoms with Crippen molar-refractivity contribution in [1.82, 2.24) is 10.3 Å². The molecule has 1 aliphatic rings. The van der Waals surface area contributed by atoms with Crippen LogP contribution in [0.15, 0.2) is 18.3 Å². The highest BCUT2D eigenvalue weighted by Gasteiger charge is 2.23. The van der Waals surface area contributed by atoms with Gasteiger partial charge in [-0.1, -0.05) is 19.8 Å². The zero-order valence-corrected chi connectivity index (χ0v) is 9.12. The monoisotopic (exact) mass is 206 g/mol. The van der Waals surface area contributed by atoms with Crippen molar-refractivity contribution in [3.63, 3.8) is 0 Å². The Morgan fingerprint density at radius 3 is 2.93 bits per heavy atom. The number of amides is 1. The van der Waals surface area contributed by atoms with Crippen molar-refractivity contribution in [2.75, 3.05) is 0 Å². The summed E-state index contributed by atoms with van der Waals surface area (Å²) in [7, 11) is 0. The molecule has 1 aromatic heterocycles. The van der Waals surface area contributed by atoms with Gasteiger partial charge in [-0.2, -0.15) is 0 Å². The number of rotatable bonds is 2. The van der Waals surface area contributed by atoms with Crippen LogP contribution in [0.25, 0.3) is 0 Å². The Bertz CT molecular complexity index is 318. The van der Waals surface area contributed by atoms with E-state index >= 15 is 0 Å². The SMILES string of the molecule is CC1CCCCC1NC(=O)c1ccc[nH]1. The number of H-pyrrole nitrogens is 1. The van der Waals surface area contributed by atoms with Gasteiger partial charge in [0.25, 0.3) is 5.91 Å².